The molecule has 3 aromatic heterocycles. The summed E-state index contributed by atoms with van der Waals surface area (Å²) in [7, 11) is 1.88. The van der Waals surface area contributed by atoms with Crippen LogP contribution in [0.25, 0.3) is 16.9 Å². The second kappa shape index (κ2) is 10.0. The van der Waals surface area contributed by atoms with Crippen LogP contribution in [0, 0.1) is 0 Å². The van der Waals surface area contributed by atoms with E-state index in [1.54, 1.807) is 46.4 Å². The number of likely N-dealkylation sites (tertiary alicyclic amines) is 1. The molecule has 0 bridgehead atoms. The molecule has 0 radical (unpaired) electrons. The van der Waals surface area contributed by atoms with E-state index in [4.69, 9.17) is 4.74 Å². The lowest BCUT2D eigenvalue weighted by molar-refractivity contribution is 0.0295. The Hall–Kier alpha value is -4.08. The third kappa shape index (κ3) is 6.08. The van der Waals surface area contributed by atoms with E-state index in [9.17, 15) is 9.90 Å². The van der Waals surface area contributed by atoms with Gasteiger partial charge in [-0.15, -0.1) is 0 Å². The Labute approximate surface area is 204 Å². The number of phenols is 1. The van der Waals surface area contributed by atoms with Crippen LogP contribution in [-0.4, -0.2) is 58.9 Å². The van der Waals surface area contributed by atoms with Crippen molar-refractivity contribution in [3.05, 3.63) is 55.2 Å². The molecule has 0 aliphatic carbocycles. The largest absolute Gasteiger partial charge is 0.508 e. The summed E-state index contributed by atoms with van der Waals surface area (Å²) in [4.78, 5) is 21.9. The van der Waals surface area contributed by atoms with Gasteiger partial charge in [0.05, 0.1) is 18.1 Å². The first-order valence-corrected chi connectivity index (χ1v) is 11.5. The molecule has 0 spiro atoms. The fraction of sp³-hybridized carbons (Fsp3) is 0.360. The molecule has 1 fully saturated rings. The Kier molecular flexibility index (Phi) is 6.90. The van der Waals surface area contributed by atoms with Crippen LogP contribution in [0.5, 0.6) is 5.75 Å². The minimum atomic E-state index is -0.361. The average molecular weight is 478 g/mol. The quantitative estimate of drug-likeness (QED) is 0.444. The smallest absolute Gasteiger partial charge is 0.410 e. The molecule has 10 nitrogen and oxygen atoms in total. The van der Waals surface area contributed by atoms with Crippen LogP contribution >= 0.6 is 0 Å². The number of rotatable bonds is 3. The third-order valence-corrected chi connectivity index (χ3v) is 5.30. The highest BCUT2D eigenvalue weighted by atomic mass is 16.6. The van der Waals surface area contributed by atoms with E-state index >= 15 is 0 Å². The van der Waals surface area contributed by atoms with Gasteiger partial charge in [-0.1, -0.05) is 6.07 Å². The van der Waals surface area contributed by atoms with Crippen LogP contribution in [-0.2, 0) is 11.8 Å². The van der Waals surface area contributed by atoms with Crippen LogP contribution in [0.2, 0.25) is 0 Å². The molecule has 4 heterocycles. The summed E-state index contributed by atoms with van der Waals surface area (Å²) in [6.45, 7) is 7.38. The number of carbonyl (C=O) groups excluding carboxylic acids is 1. The fourth-order valence-electron chi connectivity index (χ4n) is 3.72. The highest BCUT2D eigenvalue weighted by Gasteiger charge is 2.23. The zero-order valence-electron chi connectivity index (χ0n) is 20.5. The number of carbonyl (C=O) groups is 1. The number of anilines is 2. The van der Waals surface area contributed by atoms with E-state index in [0.29, 0.717) is 11.5 Å². The minimum Gasteiger partial charge on any atom is -0.508 e. The summed E-state index contributed by atoms with van der Waals surface area (Å²) in [5.74, 6) is 0.814. The first-order valence-electron chi connectivity index (χ1n) is 11.5. The number of aromatic hydroxyl groups is 1. The van der Waals surface area contributed by atoms with Crippen molar-refractivity contribution in [2.45, 2.75) is 39.2 Å². The van der Waals surface area contributed by atoms with Gasteiger partial charge in [-0.2, -0.15) is 5.10 Å². The molecular weight excluding hydrogens is 446 g/mol. The van der Waals surface area contributed by atoms with E-state index in [1.165, 1.54) is 0 Å². The molecular formula is C25H31N7O3. The first-order chi connectivity index (χ1) is 16.7. The molecule has 5 rings (SSSR count). The number of imidazole rings is 1. The molecule has 1 saturated heterocycles. The summed E-state index contributed by atoms with van der Waals surface area (Å²) < 4.78 is 8.91. The molecule has 35 heavy (non-hydrogen) atoms. The number of amides is 1. The SMILES string of the molecule is CC(C)(C)OC(=O)N1CCCC1.Cn1cc(-c2cnc3c(Nc4cccc(O)c4)nccn23)cn1. The Morgan fingerprint density at radius 1 is 1.14 bits per heavy atom. The number of nitrogens with one attached hydrogen (secondary N) is 1. The lowest BCUT2D eigenvalue weighted by Crippen LogP contribution is -2.34. The number of hydrogen-bond donors (Lipinski definition) is 2. The maximum Gasteiger partial charge on any atom is 0.410 e. The van der Waals surface area contributed by atoms with Crippen molar-refractivity contribution in [1.29, 1.82) is 0 Å². The number of ether oxygens (including phenoxy) is 1. The van der Waals surface area contributed by atoms with Gasteiger partial charge >= 0.3 is 6.09 Å². The van der Waals surface area contributed by atoms with Crippen LogP contribution in [0.3, 0.4) is 0 Å². The molecule has 0 atom stereocenters. The van der Waals surface area contributed by atoms with Gasteiger partial charge in [0.15, 0.2) is 11.5 Å². The molecule has 1 aliphatic rings. The van der Waals surface area contributed by atoms with Crippen molar-refractivity contribution in [2.75, 3.05) is 18.4 Å². The monoisotopic (exact) mass is 477 g/mol. The highest BCUT2D eigenvalue weighted by Crippen LogP contribution is 2.25. The number of fused-ring (bicyclic) bond motifs is 1. The molecule has 0 unspecified atom stereocenters. The Morgan fingerprint density at radius 3 is 2.57 bits per heavy atom. The Balaban J connectivity index is 0.000000204. The second-order valence-corrected chi connectivity index (χ2v) is 9.37. The number of nitrogens with zero attached hydrogens (tertiary/aromatic N) is 6. The zero-order valence-corrected chi connectivity index (χ0v) is 20.5. The third-order valence-electron chi connectivity index (χ3n) is 5.30. The Bertz CT molecular complexity index is 1300. The van der Waals surface area contributed by atoms with Crippen molar-refractivity contribution < 1.29 is 14.6 Å². The maximum atomic E-state index is 11.4. The number of phenolic OH excluding ortho intramolecular Hbond substituents is 1. The second-order valence-electron chi connectivity index (χ2n) is 9.37. The minimum absolute atomic E-state index is 0.167. The predicted octanol–water partition coefficient (Wildman–Crippen LogP) is 4.60. The number of aryl methyl sites for hydroxylation is 1. The predicted molar refractivity (Wildman–Crippen MR) is 134 cm³/mol. The summed E-state index contributed by atoms with van der Waals surface area (Å²) in [5, 5.41) is 16.9. The van der Waals surface area contributed by atoms with Gasteiger partial charge in [-0.05, 0) is 45.7 Å². The van der Waals surface area contributed by atoms with E-state index in [0.717, 1.165) is 42.9 Å². The highest BCUT2D eigenvalue weighted by molar-refractivity contribution is 5.74. The van der Waals surface area contributed by atoms with Gasteiger partial charge in [0.1, 0.15) is 11.4 Å². The molecule has 0 saturated carbocycles. The van der Waals surface area contributed by atoms with Crippen LogP contribution in [0.15, 0.2) is 55.2 Å². The maximum absolute atomic E-state index is 11.4. The molecule has 1 aromatic carbocycles. The molecule has 4 aromatic rings. The molecule has 1 aliphatic heterocycles. The van der Waals surface area contributed by atoms with Crippen molar-refractivity contribution in [2.24, 2.45) is 7.05 Å². The van der Waals surface area contributed by atoms with Gasteiger partial charge in [0.2, 0.25) is 0 Å². The van der Waals surface area contributed by atoms with Gasteiger partial charge in [-0.25, -0.2) is 14.8 Å². The van der Waals surface area contributed by atoms with Crippen LogP contribution in [0.4, 0.5) is 16.3 Å². The molecule has 1 amide bonds. The molecule has 2 N–H and O–H groups in total. The zero-order chi connectivity index (χ0) is 25.0. The van der Waals surface area contributed by atoms with Crippen LogP contribution < -0.4 is 5.32 Å². The standard InChI is InChI=1S/C16H14N6O.C9H17NO2/c1-21-10-11(8-19-21)14-9-18-16-15(17-5-6-22(14)16)20-12-3-2-4-13(23)7-12;1-9(2,3)12-8(11)10-6-4-5-7-10/h2-10,23H,1H3,(H,17,20);4-7H2,1-3H3. The van der Waals surface area contributed by atoms with Gasteiger partial charge in [-0.3, -0.25) is 9.08 Å². The van der Waals surface area contributed by atoms with Crippen molar-refractivity contribution in [3.63, 3.8) is 0 Å². The summed E-state index contributed by atoms with van der Waals surface area (Å²) >= 11 is 0. The first kappa shape index (κ1) is 24.1. The van der Waals surface area contributed by atoms with E-state index < -0.39 is 0 Å². The van der Waals surface area contributed by atoms with Gasteiger partial charge < -0.3 is 20.1 Å². The lowest BCUT2D eigenvalue weighted by Gasteiger charge is -2.23. The average Bonchev–Trinajstić information content (AvgIpc) is 3.54. The van der Waals surface area contributed by atoms with E-state index in [2.05, 4.69) is 20.4 Å². The van der Waals surface area contributed by atoms with Crippen molar-refractivity contribution in [1.82, 2.24) is 29.0 Å². The van der Waals surface area contributed by atoms with E-state index in [-0.39, 0.29) is 17.4 Å². The molecule has 10 heteroatoms. The number of hydrogen-bond acceptors (Lipinski definition) is 7. The van der Waals surface area contributed by atoms with Crippen molar-refractivity contribution in [3.8, 4) is 17.0 Å². The summed E-state index contributed by atoms with van der Waals surface area (Å²) in [6.07, 6.45) is 11.1. The fourth-order valence-corrected chi connectivity index (χ4v) is 3.72. The topological polar surface area (TPSA) is 110 Å². The summed E-state index contributed by atoms with van der Waals surface area (Å²) in [6, 6.07) is 6.88. The van der Waals surface area contributed by atoms with Crippen molar-refractivity contribution >= 4 is 23.2 Å². The lowest BCUT2D eigenvalue weighted by atomic mass is 10.2. The summed E-state index contributed by atoms with van der Waals surface area (Å²) in [5.41, 5.74) is 3.01. The normalized spacial score (nSPS) is 13.4. The van der Waals surface area contributed by atoms with E-state index in [1.807, 2.05) is 50.7 Å². The molecule has 184 valence electrons. The number of aromatic nitrogens is 5. The van der Waals surface area contributed by atoms with Crippen LogP contribution in [0.1, 0.15) is 33.6 Å². The van der Waals surface area contributed by atoms with Gasteiger partial charge in [0.25, 0.3) is 0 Å². The Morgan fingerprint density at radius 2 is 1.91 bits per heavy atom. The van der Waals surface area contributed by atoms with Gasteiger partial charge in [0, 0.05) is 56.0 Å². The number of benzene rings is 1.